The molecular weight excluding hydrogens is 346 g/mol. The molecule has 1 atom stereocenters. The number of rotatable bonds is 5. The van der Waals surface area contributed by atoms with E-state index in [-0.39, 0.29) is 29.2 Å². The lowest BCUT2D eigenvalue weighted by Gasteiger charge is -2.19. The Balaban J connectivity index is 1.79. The second-order valence-electron chi connectivity index (χ2n) is 5.58. The van der Waals surface area contributed by atoms with Crippen LogP contribution in [-0.4, -0.2) is 10.5 Å². The van der Waals surface area contributed by atoms with Crippen molar-refractivity contribution < 1.29 is 13.6 Å². The van der Waals surface area contributed by atoms with Crippen molar-refractivity contribution in [2.75, 3.05) is 5.32 Å². The molecule has 0 aliphatic heterocycles. The Morgan fingerprint density at radius 1 is 1.08 bits per heavy atom. The highest BCUT2D eigenvalue weighted by Gasteiger charge is 2.18. The van der Waals surface area contributed by atoms with Crippen LogP contribution in [0.4, 0.5) is 14.5 Å². The molecule has 1 heterocycles. The minimum absolute atomic E-state index is 0.0571. The molecule has 1 aromatic heterocycles. The number of aromatic nitrogens is 1. The fourth-order valence-electron chi connectivity index (χ4n) is 2.60. The van der Waals surface area contributed by atoms with Gasteiger partial charge in [-0.05, 0) is 48.0 Å². The molecule has 6 heteroatoms. The summed E-state index contributed by atoms with van der Waals surface area (Å²) in [5, 5.41) is 2.65. The Morgan fingerprint density at radius 3 is 2.40 bits per heavy atom. The molecule has 128 valence electrons. The molecule has 0 aliphatic carbocycles. The van der Waals surface area contributed by atoms with Crippen molar-refractivity contribution in [2.24, 2.45) is 0 Å². The Kier molecular flexibility index (Phi) is 5.14. The summed E-state index contributed by atoms with van der Waals surface area (Å²) in [6.45, 7) is 0. The van der Waals surface area contributed by atoms with Crippen molar-refractivity contribution in [2.45, 2.75) is 12.5 Å². The van der Waals surface area contributed by atoms with E-state index in [9.17, 15) is 13.6 Å². The summed E-state index contributed by atoms with van der Waals surface area (Å²) in [4.78, 5) is 12.4. The maximum absolute atomic E-state index is 13.2. The fraction of sp³-hybridized carbons (Fsp3) is 0.105. The summed E-state index contributed by atoms with van der Waals surface area (Å²) in [6, 6.07) is 13.5. The molecule has 3 aromatic rings. The van der Waals surface area contributed by atoms with E-state index in [2.05, 4.69) is 5.32 Å². The van der Waals surface area contributed by atoms with E-state index in [1.807, 2.05) is 29.1 Å². The van der Waals surface area contributed by atoms with E-state index < -0.39 is 5.82 Å². The van der Waals surface area contributed by atoms with Gasteiger partial charge in [0.1, 0.15) is 11.6 Å². The number of nitrogens with one attached hydrogen (secondary N) is 1. The highest BCUT2D eigenvalue weighted by Crippen LogP contribution is 2.24. The molecule has 0 spiro atoms. The third kappa shape index (κ3) is 4.25. The number of halogens is 3. The van der Waals surface area contributed by atoms with Gasteiger partial charge in [0.05, 0.1) is 17.5 Å². The lowest BCUT2D eigenvalue weighted by molar-refractivity contribution is -0.116. The van der Waals surface area contributed by atoms with Crippen LogP contribution < -0.4 is 5.32 Å². The first-order chi connectivity index (χ1) is 12.0. The SMILES string of the molecule is O=C(C[C@H](c1ccc(F)cc1)n1cccc1)Nc1ccc(F)c(Cl)c1. The largest absolute Gasteiger partial charge is 0.346 e. The van der Waals surface area contributed by atoms with Crippen LogP contribution in [0.1, 0.15) is 18.0 Å². The molecule has 1 N–H and O–H groups in total. The summed E-state index contributed by atoms with van der Waals surface area (Å²) < 4.78 is 28.3. The third-order valence-corrected chi connectivity index (χ3v) is 4.11. The van der Waals surface area contributed by atoms with E-state index in [0.717, 1.165) is 5.56 Å². The molecular formula is C19H15ClF2N2O. The summed E-state index contributed by atoms with van der Waals surface area (Å²) in [5.41, 5.74) is 1.23. The van der Waals surface area contributed by atoms with Crippen molar-refractivity contribution in [1.82, 2.24) is 4.57 Å². The van der Waals surface area contributed by atoms with Gasteiger partial charge in [-0.25, -0.2) is 8.78 Å². The molecule has 3 nitrogen and oxygen atoms in total. The molecule has 1 amide bonds. The maximum Gasteiger partial charge on any atom is 0.226 e. The molecule has 2 aromatic carbocycles. The number of amides is 1. The Morgan fingerprint density at radius 2 is 1.76 bits per heavy atom. The van der Waals surface area contributed by atoms with E-state index in [1.54, 1.807) is 12.1 Å². The number of carbonyl (C=O) groups excluding carboxylic acids is 1. The van der Waals surface area contributed by atoms with Crippen LogP contribution in [0.15, 0.2) is 67.0 Å². The Bertz CT molecular complexity index is 864. The monoisotopic (exact) mass is 360 g/mol. The lowest BCUT2D eigenvalue weighted by atomic mass is 10.0. The normalized spacial score (nSPS) is 12.0. The predicted octanol–water partition coefficient (Wildman–Crippen LogP) is 5.04. The predicted molar refractivity (Wildman–Crippen MR) is 93.6 cm³/mol. The van der Waals surface area contributed by atoms with Crippen molar-refractivity contribution in [3.8, 4) is 0 Å². The maximum atomic E-state index is 13.2. The van der Waals surface area contributed by atoms with Crippen LogP contribution in [0.25, 0.3) is 0 Å². The van der Waals surface area contributed by atoms with Gasteiger partial charge in [-0.15, -0.1) is 0 Å². The molecule has 0 bridgehead atoms. The van der Waals surface area contributed by atoms with Gasteiger partial charge in [0, 0.05) is 18.1 Å². The van der Waals surface area contributed by atoms with Crippen molar-refractivity contribution in [3.05, 3.63) is 89.2 Å². The number of anilines is 1. The number of carbonyl (C=O) groups is 1. The van der Waals surface area contributed by atoms with Crippen LogP contribution in [0.3, 0.4) is 0 Å². The molecule has 0 saturated heterocycles. The number of benzene rings is 2. The standard InChI is InChI=1S/C19H15ClF2N2O/c20-16-11-15(7-8-17(16)22)23-19(25)12-18(24-9-1-2-10-24)13-3-5-14(21)6-4-13/h1-11,18H,12H2,(H,23,25)/t18-/m1/s1. The summed E-state index contributed by atoms with van der Waals surface area (Å²) in [7, 11) is 0. The zero-order valence-corrected chi connectivity index (χ0v) is 13.9. The highest BCUT2D eigenvalue weighted by atomic mass is 35.5. The lowest BCUT2D eigenvalue weighted by Crippen LogP contribution is -2.19. The van der Waals surface area contributed by atoms with Gasteiger partial charge in [0.25, 0.3) is 0 Å². The second kappa shape index (κ2) is 7.49. The first-order valence-electron chi connectivity index (χ1n) is 7.66. The molecule has 3 rings (SSSR count). The molecule has 0 radical (unpaired) electrons. The van der Waals surface area contributed by atoms with Gasteiger partial charge >= 0.3 is 0 Å². The zero-order valence-electron chi connectivity index (χ0n) is 13.1. The quantitative estimate of drug-likeness (QED) is 0.679. The average Bonchev–Trinajstić information content (AvgIpc) is 3.11. The van der Waals surface area contributed by atoms with Gasteiger partial charge in [0.2, 0.25) is 5.91 Å². The van der Waals surface area contributed by atoms with E-state index in [0.29, 0.717) is 5.69 Å². The summed E-state index contributed by atoms with van der Waals surface area (Å²) in [6.07, 6.45) is 3.82. The van der Waals surface area contributed by atoms with Gasteiger partial charge < -0.3 is 9.88 Å². The van der Waals surface area contributed by atoms with Crippen molar-refractivity contribution >= 4 is 23.2 Å². The summed E-state index contributed by atoms with van der Waals surface area (Å²) >= 11 is 5.73. The smallest absolute Gasteiger partial charge is 0.226 e. The zero-order chi connectivity index (χ0) is 17.8. The summed E-state index contributed by atoms with van der Waals surface area (Å²) in [5.74, 6) is -1.14. The molecule has 0 unspecified atom stereocenters. The van der Waals surface area contributed by atoms with E-state index >= 15 is 0 Å². The number of nitrogens with zero attached hydrogens (tertiary/aromatic N) is 1. The molecule has 0 fully saturated rings. The Hall–Kier alpha value is -2.66. The minimum Gasteiger partial charge on any atom is -0.346 e. The molecule has 25 heavy (non-hydrogen) atoms. The number of hydrogen-bond donors (Lipinski definition) is 1. The van der Waals surface area contributed by atoms with Gasteiger partial charge in [-0.1, -0.05) is 23.7 Å². The van der Waals surface area contributed by atoms with Crippen molar-refractivity contribution in [1.29, 1.82) is 0 Å². The number of hydrogen-bond acceptors (Lipinski definition) is 1. The van der Waals surface area contributed by atoms with Gasteiger partial charge in [-0.2, -0.15) is 0 Å². The average molecular weight is 361 g/mol. The van der Waals surface area contributed by atoms with Gasteiger partial charge in [0.15, 0.2) is 0 Å². The van der Waals surface area contributed by atoms with E-state index in [4.69, 9.17) is 11.6 Å². The minimum atomic E-state index is -0.545. The van der Waals surface area contributed by atoms with E-state index in [1.165, 1.54) is 30.3 Å². The fourth-order valence-corrected chi connectivity index (χ4v) is 2.78. The topological polar surface area (TPSA) is 34.0 Å². The van der Waals surface area contributed by atoms with Crippen LogP contribution in [0.5, 0.6) is 0 Å². The van der Waals surface area contributed by atoms with Crippen LogP contribution >= 0.6 is 11.6 Å². The second-order valence-corrected chi connectivity index (χ2v) is 5.99. The molecule has 0 saturated carbocycles. The first-order valence-corrected chi connectivity index (χ1v) is 8.03. The van der Waals surface area contributed by atoms with Crippen molar-refractivity contribution in [3.63, 3.8) is 0 Å². The van der Waals surface area contributed by atoms with Gasteiger partial charge in [-0.3, -0.25) is 4.79 Å². The van der Waals surface area contributed by atoms with Crippen LogP contribution in [0, 0.1) is 11.6 Å². The highest BCUT2D eigenvalue weighted by molar-refractivity contribution is 6.31. The van der Waals surface area contributed by atoms with Crippen LogP contribution in [0.2, 0.25) is 5.02 Å². The Labute approximate surface area is 148 Å². The third-order valence-electron chi connectivity index (χ3n) is 3.82. The first kappa shape index (κ1) is 17.2. The van der Waals surface area contributed by atoms with Crippen LogP contribution in [-0.2, 0) is 4.79 Å². The molecule has 0 aliphatic rings.